The van der Waals surface area contributed by atoms with Crippen LogP contribution >= 0.6 is 0 Å². The molecule has 0 aromatic heterocycles. The largest absolute Gasteiger partial charge is 0.480 e. The van der Waals surface area contributed by atoms with Crippen LogP contribution in [0.15, 0.2) is 0 Å². The maximum atomic E-state index is 12.3. The Morgan fingerprint density at radius 3 is 2.44 bits per heavy atom. The van der Waals surface area contributed by atoms with E-state index in [1.807, 2.05) is 0 Å². The highest BCUT2D eigenvalue weighted by Crippen LogP contribution is 2.27. The van der Waals surface area contributed by atoms with Crippen LogP contribution in [0.25, 0.3) is 0 Å². The Bertz CT molecular complexity index is 416. The number of hydrogen-bond donors (Lipinski definition) is 2. The van der Waals surface area contributed by atoms with E-state index in [4.69, 9.17) is 9.84 Å². The third-order valence-electron chi connectivity index (χ3n) is 3.44. The number of nitrogens with zero attached hydrogens (tertiary/aromatic N) is 1. The third kappa shape index (κ3) is 2.51. The lowest BCUT2D eigenvalue weighted by Gasteiger charge is -2.29. The van der Waals surface area contributed by atoms with Crippen LogP contribution in [0, 0.1) is 0 Å². The van der Waals surface area contributed by atoms with Crippen molar-refractivity contribution in [3.63, 3.8) is 0 Å². The number of β-amino-alcohol motifs (C(OH)–C–C–N with tert-alkyl or cyclic N) is 1. The summed E-state index contributed by atoms with van der Waals surface area (Å²) in [6.07, 6.45) is -0.193. The monoisotopic (exact) mass is 279 g/mol. The van der Waals surface area contributed by atoms with Crippen LogP contribution in [0.1, 0.15) is 19.3 Å². The Morgan fingerprint density at radius 2 is 1.89 bits per heavy atom. The van der Waals surface area contributed by atoms with E-state index in [2.05, 4.69) is 0 Å². The van der Waals surface area contributed by atoms with Crippen LogP contribution in [0.4, 0.5) is 0 Å². The van der Waals surface area contributed by atoms with Crippen LogP contribution < -0.4 is 0 Å². The summed E-state index contributed by atoms with van der Waals surface area (Å²) in [6.45, 7) is 0.618. The molecule has 7 nitrogen and oxygen atoms in total. The van der Waals surface area contributed by atoms with Crippen molar-refractivity contribution >= 4 is 16.0 Å². The topological polar surface area (TPSA) is 104 Å². The number of carboxylic acids is 1. The second-order valence-electron chi connectivity index (χ2n) is 4.67. The van der Waals surface area contributed by atoms with Crippen molar-refractivity contribution in [1.29, 1.82) is 0 Å². The van der Waals surface area contributed by atoms with Crippen LogP contribution in [0.5, 0.6) is 0 Å². The van der Waals surface area contributed by atoms with Crippen LogP contribution in [0.3, 0.4) is 0 Å². The second-order valence-corrected chi connectivity index (χ2v) is 6.84. The van der Waals surface area contributed by atoms with Gasteiger partial charge in [0.2, 0.25) is 10.0 Å². The summed E-state index contributed by atoms with van der Waals surface area (Å²) in [4.78, 5) is 11.0. The van der Waals surface area contributed by atoms with Crippen molar-refractivity contribution in [2.24, 2.45) is 0 Å². The van der Waals surface area contributed by atoms with Gasteiger partial charge in [-0.25, -0.2) is 8.42 Å². The van der Waals surface area contributed by atoms with Gasteiger partial charge in [-0.05, 0) is 12.8 Å². The predicted molar refractivity (Wildman–Crippen MR) is 61.5 cm³/mol. The Balaban J connectivity index is 2.20. The molecule has 0 bridgehead atoms. The summed E-state index contributed by atoms with van der Waals surface area (Å²) in [5.74, 6) is -1.21. The fourth-order valence-corrected chi connectivity index (χ4v) is 4.54. The van der Waals surface area contributed by atoms with Gasteiger partial charge in [-0.1, -0.05) is 0 Å². The number of aliphatic hydroxyl groups excluding tert-OH is 1. The molecule has 0 aliphatic carbocycles. The number of ether oxygens (including phenoxy) is 1. The molecule has 104 valence electrons. The van der Waals surface area contributed by atoms with Gasteiger partial charge in [0.1, 0.15) is 6.04 Å². The first kappa shape index (κ1) is 13.7. The third-order valence-corrected chi connectivity index (χ3v) is 5.81. The molecule has 8 heteroatoms. The van der Waals surface area contributed by atoms with Gasteiger partial charge in [0.25, 0.3) is 0 Å². The number of aliphatic hydroxyl groups is 1. The summed E-state index contributed by atoms with van der Waals surface area (Å²) in [7, 11) is -3.68. The normalized spacial score (nSPS) is 31.6. The Morgan fingerprint density at radius 1 is 1.28 bits per heavy atom. The summed E-state index contributed by atoms with van der Waals surface area (Å²) in [6, 6.07) is -1.15. The molecule has 0 spiro atoms. The molecule has 2 saturated heterocycles. The highest BCUT2D eigenvalue weighted by Gasteiger charge is 2.45. The molecule has 0 unspecified atom stereocenters. The zero-order valence-corrected chi connectivity index (χ0v) is 10.7. The molecule has 2 aliphatic rings. The van der Waals surface area contributed by atoms with Crippen molar-refractivity contribution in [3.05, 3.63) is 0 Å². The maximum Gasteiger partial charge on any atom is 0.322 e. The summed E-state index contributed by atoms with van der Waals surface area (Å²) >= 11 is 0. The van der Waals surface area contributed by atoms with E-state index in [0.717, 1.165) is 4.31 Å². The van der Waals surface area contributed by atoms with Crippen molar-refractivity contribution in [3.8, 4) is 0 Å². The van der Waals surface area contributed by atoms with Crippen LogP contribution in [-0.2, 0) is 19.6 Å². The molecule has 2 N–H and O–H groups in total. The molecule has 2 aliphatic heterocycles. The van der Waals surface area contributed by atoms with Gasteiger partial charge in [0.15, 0.2) is 0 Å². The standard InChI is InChI=1S/C10H17NO6S/c12-7-5-9(10(13)14)11(6-7)18(15,16)8-1-3-17-4-2-8/h7-9,12H,1-6H2,(H,13,14)/t7-,9+/m1/s1. The van der Waals surface area contributed by atoms with Gasteiger partial charge >= 0.3 is 5.97 Å². The Hall–Kier alpha value is -0.700. The second kappa shape index (κ2) is 5.12. The molecule has 18 heavy (non-hydrogen) atoms. The van der Waals surface area contributed by atoms with Gasteiger partial charge in [-0.2, -0.15) is 4.31 Å². The summed E-state index contributed by atoms with van der Waals surface area (Å²) in [5.41, 5.74) is 0. The lowest BCUT2D eigenvalue weighted by molar-refractivity contribution is -0.140. The molecule has 2 rings (SSSR count). The Kier molecular flexibility index (Phi) is 3.90. The number of hydrogen-bond acceptors (Lipinski definition) is 5. The lowest BCUT2D eigenvalue weighted by Crippen LogP contribution is -2.46. The SMILES string of the molecule is O=C(O)[C@@H]1C[C@@H](O)CN1S(=O)(=O)C1CCOCC1. The zero-order valence-electron chi connectivity index (χ0n) is 9.86. The van der Waals surface area contributed by atoms with Gasteiger partial charge < -0.3 is 14.9 Å². The maximum absolute atomic E-state index is 12.3. The minimum atomic E-state index is -3.68. The lowest BCUT2D eigenvalue weighted by atomic mass is 10.2. The highest BCUT2D eigenvalue weighted by atomic mass is 32.2. The number of aliphatic carboxylic acids is 1. The molecular weight excluding hydrogens is 262 g/mol. The van der Waals surface area contributed by atoms with E-state index in [1.165, 1.54) is 0 Å². The van der Waals surface area contributed by atoms with Gasteiger partial charge in [0, 0.05) is 26.2 Å². The van der Waals surface area contributed by atoms with Crippen LogP contribution in [-0.4, -0.2) is 66.1 Å². The molecule has 2 atom stereocenters. The minimum absolute atomic E-state index is 0.0439. The van der Waals surface area contributed by atoms with Crippen molar-refractivity contribution in [1.82, 2.24) is 4.31 Å². The molecular formula is C10H17NO6S. The smallest absolute Gasteiger partial charge is 0.322 e. The molecule has 0 aromatic carbocycles. The summed E-state index contributed by atoms with van der Waals surface area (Å²) in [5, 5.41) is 17.9. The van der Waals surface area contributed by atoms with Gasteiger partial charge in [0.05, 0.1) is 11.4 Å². The highest BCUT2D eigenvalue weighted by molar-refractivity contribution is 7.89. The molecule has 2 heterocycles. The molecule has 0 aromatic rings. The minimum Gasteiger partial charge on any atom is -0.480 e. The van der Waals surface area contributed by atoms with Crippen LogP contribution in [0.2, 0.25) is 0 Å². The van der Waals surface area contributed by atoms with E-state index < -0.39 is 33.4 Å². The van der Waals surface area contributed by atoms with Gasteiger partial charge in [-0.15, -0.1) is 0 Å². The zero-order chi connectivity index (χ0) is 13.3. The number of sulfonamides is 1. The molecule has 2 fully saturated rings. The number of rotatable bonds is 3. The molecule has 0 amide bonds. The van der Waals surface area contributed by atoms with E-state index in [0.29, 0.717) is 26.1 Å². The quantitative estimate of drug-likeness (QED) is 0.688. The number of carboxylic acid groups (broad SMARTS) is 1. The van der Waals surface area contributed by atoms with E-state index >= 15 is 0 Å². The average Bonchev–Trinajstić information content (AvgIpc) is 2.73. The first-order valence-electron chi connectivity index (χ1n) is 5.92. The van der Waals surface area contributed by atoms with Crippen molar-refractivity contribution in [2.45, 2.75) is 36.7 Å². The molecule has 0 saturated carbocycles. The first-order valence-corrected chi connectivity index (χ1v) is 7.42. The number of carbonyl (C=O) groups is 1. The average molecular weight is 279 g/mol. The predicted octanol–water partition coefficient (Wildman–Crippen LogP) is -0.985. The summed E-state index contributed by atoms with van der Waals surface area (Å²) < 4.78 is 30.7. The molecule has 0 radical (unpaired) electrons. The van der Waals surface area contributed by atoms with E-state index in [9.17, 15) is 18.3 Å². The van der Waals surface area contributed by atoms with Gasteiger partial charge in [-0.3, -0.25) is 4.79 Å². The Labute approximate surface area is 105 Å². The van der Waals surface area contributed by atoms with Crippen molar-refractivity contribution < 1.29 is 28.2 Å². The fraction of sp³-hybridized carbons (Fsp3) is 0.900. The first-order chi connectivity index (χ1) is 8.43. The van der Waals surface area contributed by atoms with E-state index in [1.54, 1.807) is 0 Å². The van der Waals surface area contributed by atoms with Crippen molar-refractivity contribution in [2.75, 3.05) is 19.8 Å². The van der Waals surface area contributed by atoms with E-state index in [-0.39, 0.29) is 13.0 Å². The fourth-order valence-electron chi connectivity index (χ4n) is 2.46.